The van der Waals surface area contributed by atoms with Crippen molar-refractivity contribution in [1.29, 1.82) is 0 Å². The van der Waals surface area contributed by atoms with E-state index in [4.69, 9.17) is 10.5 Å². The normalized spacial score (nSPS) is 12.1. The zero-order valence-corrected chi connectivity index (χ0v) is 16.4. The Labute approximate surface area is 168 Å². The molecule has 3 N–H and O–H groups in total. The summed E-state index contributed by atoms with van der Waals surface area (Å²) in [4.78, 5) is 6.25. The molecule has 0 aliphatic rings. The minimum atomic E-state index is -4.79. The lowest BCUT2D eigenvalue weighted by molar-refractivity contribution is -0.274. The summed E-state index contributed by atoms with van der Waals surface area (Å²) in [6, 6.07) is 13.0. The lowest BCUT2D eigenvalue weighted by Gasteiger charge is -2.14. The molecule has 0 spiro atoms. The average Bonchev–Trinajstić information content (AvgIpc) is 2.65. The molecule has 2 rings (SSSR count). The Kier molecular flexibility index (Phi) is 8.14. The molecule has 0 radical (unpaired) electrons. The Morgan fingerprint density at radius 1 is 1.10 bits per heavy atom. The van der Waals surface area contributed by atoms with Crippen molar-refractivity contribution in [2.75, 3.05) is 32.6 Å². The molecule has 0 aromatic heterocycles. The molecule has 9 heteroatoms. The molecular weight excluding hydrogens is 385 g/mol. The van der Waals surface area contributed by atoms with Crippen LogP contribution in [0.4, 0.5) is 18.9 Å². The second-order valence-corrected chi connectivity index (χ2v) is 6.52. The predicted octanol–water partition coefficient (Wildman–Crippen LogP) is 3.84. The van der Waals surface area contributed by atoms with Crippen molar-refractivity contribution in [2.45, 2.75) is 19.3 Å². The van der Waals surface area contributed by atoms with E-state index in [0.717, 1.165) is 24.3 Å². The summed E-state index contributed by atoms with van der Waals surface area (Å²) in [7, 11) is 4.02. The molecule has 0 unspecified atom stereocenters. The summed E-state index contributed by atoms with van der Waals surface area (Å²) >= 11 is 0. The molecule has 0 saturated heterocycles. The number of ether oxygens (including phenoxy) is 2. The highest BCUT2D eigenvalue weighted by Crippen LogP contribution is 2.29. The van der Waals surface area contributed by atoms with Crippen LogP contribution >= 0.6 is 0 Å². The van der Waals surface area contributed by atoms with Gasteiger partial charge < -0.3 is 25.4 Å². The number of benzene rings is 2. The molecule has 0 atom stereocenters. The Hall–Kier alpha value is -2.94. The van der Waals surface area contributed by atoms with E-state index in [0.29, 0.717) is 6.61 Å². The Bertz CT molecular complexity index is 793. The van der Waals surface area contributed by atoms with Gasteiger partial charge in [-0.1, -0.05) is 24.3 Å². The third-order valence-electron chi connectivity index (χ3n) is 3.75. The van der Waals surface area contributed by atoms with E-state index in [2.05, 4.69) is 19.9 Å². The standard InChI is InChI=1S/C20H25F3N4O2/c1-27(2)12-5-13-28-16-10-8-15(9-11-16)14-25-19(24)26-17-6-3-4-7-18(17)29-20(21,22)23/h3-4,6-11H,5,12-14H2,1-2H3,(H3,24,25,26). The number of rotatable bonds is 9. The highest BCUT2D eigenvalue weighted by Gasteiger charge is 2.32. The second-order valence-electron chi connectivity index (χ2n) is 6.52. The Morgan fingerprint density at radius 3 is 2.45 bits per heavy atom. The first-order valence-electron chi connectivity index (χ1n) is 9.01. The number of alkyl halides is 3. The van der Waals surface area contributed by atoms with Crippen molar-refractivity contribution >= 4 is 11.6 Å². The number of hydrogen-bond donors (Lipinski definition) is 2. The summed E-state index contributed by atoms with van der Waals surface area (Å²) in [6.45, 7) is 1.85. The van der Waals surface area contributed by atoms with Gasteiger partial charge in [-0.15, -0.1) is 13.2 Å². The van der Waals surface area contributed by atoms with Gasteiger partial charge in [-0.05, 0) is 50.3 Å². The molecule has 6 nitrogen and oxygen atoms in total. The minimum Gasteiger partial charge on any atom is -0.494 e. The first-order valence-corrected chi connectivity index (χ1v) is 9.01. The fraction of sp³-hybridized carbons (Fsp3) is 0.350. The van der Waals surface area contributed by atoms with Crippen LogP contribution in [0.2, 0.25) is 0 Å². The van der Waals surface area contributed by atoms with Crippen molar-refractivity contribution in [3.8, 4) is 11.5 Å². The second kappa shape index (κ2) is 10.6. The zero-order valence-electron chi connectivity index (χ0n) is 16.4. The van der Waals surface area contributed by atoms with Crippen molar-refractivity contribution in [3.05, 3.63) is 54.1 Å². The van der Waals surface area contributed by atoms with Crippen molar-refractivity contribution in [3.63, 3.8) is 0 Å². The van der Waals surface area contributed by atoms with Crippen LogP contribution in [0.15, 0.2) is 53.5 Å². The molecular formula is C20H25F3N4O2. The third-order valence-corrected chi connectivity index (χ3v) is 3.75. The van der Waals surface area contributed by atoms with E-state index in [9.17, 15) is 13.2 Å². The molecule has 0 heterocycles. The summed E-state index contributed by atoms with van der Waals surface area (Å²) in [5.74, 6) is 0.363. The maximum absolute atomic E-state index is 12.5. The first-order chi connectivity index (χ1) is 13.7. The number of hydrogen-bond acceptors (Lipinski definition) is 4. The van der Waals surface area contributed by atoms with Gasteiger partial charge in [0.2, 0.25) is 0 Å². The molecule has 0 aliphatic carbocycles. The van der Waals surface area contributed by atoms with Crippen LogP contribution in [0.3, 0.4) is 0 Å². The number of nitrogens with two attached hydrogens (primary N) is 1. The highest BCUT2D eigenvalue weighted by atomic mass is 19.4. The van der Waals surface area contributed by atoms with Crippen LogP contribution in [-0.2, 0) is 6.54 Å². The maximum Gasteiger partial charge on any atom is 0.573 e. The van der Waals surface area contributed by atoms with E-state index in [1.165, 1.54) is 18.2 Å². The maximum atomic E-state index is 12.5. The zero-order chi connectivity index (χ0) is 21.3. The number of nitrogens with zero attached hydrogens (tertiary/aromatic N) is 2. The van der Waals surface area contributed by atoms with E-state index in [-0.39, 0.29) is 23.9 Å². The van der Waals surface area contributed by atoms with Gasteiger partial charge in [0.1, 0.15) is 5.75 Å². The van der Waals surface area contributed by atoms with Gasteiger partial charge in [0.25, 0.3) is 0 Å². The fourth-order valence-electron chi connectivity index (χ4n) is 2.40. The number of anilines is 1. The summed E-state index contributed by atoms with van der Waals surface area (Å²) < 4.78 is 47.0. The Morgan fingerprint density at radius 2 is 1.79 bits per heavy atom. The summed E-state index contributed by atoms with van der Waals surface area (Å²) in [6.07, 6.45) is -3.86. The molecule has 2 aromatic carbocycles. The van der Waals surface area contributed by atoms with Gasteiger partial charge >= 0.3 is 6.36 Å². The predicted molar refractivity (Wildman–Crippen MR) is 107 cm³/mol. The summed E-state index contributed by atoms with van der Waals surface area (Å²) in [5.41, 5.74) is 6.76. The van der Waals surface area contributed by atoms with E-state index in [1.54, 1.807) is 6.07 Å². The third kappa shape index (κ3) is 8.73. The molecule has 0 amide bonds. The molecule has 2 aromatic rings. The number of halogens is 3. The van der Waals surface area contributed by atoms with Gasteiger partial charge in [-0.3, -0.25) is 0 Å². The van der Waals surface area contributed by atoms with Crippen molar-refractivity contribution in [1.82, 2.24) is 4.90 Å². The number of guanidine groups is 1. The molecule has 0 fully saturated rings. The largest absolute Gasteiger partial charge is 0.573 e. The fourth-order valence-corrected chi connectivity index (χ4v) is 2.40. The number of aliphatic imine (C=N–C) groups is 1. The van der Waals surface area contributed by atoms with E-state index in [1.807, 2.05) is 38.4 Å². The number of para-hydroxylation sites is 2. The molecule has 0 aliphatic heterocycles. The van der Waals surface area contributed by atoms with Crippen molar-refractivity contribution < 1.29 is 22.6 Å². The first kappa shape index (κ1) is 22.4. The van der Waals surface area contributed by atoms with Crippen LogP contribution in [0.1, 0.15) is 12.0 Å². The summed E-state index contributed by atoms with van der Waals surface area (Å²) in [5, 5.41) is 2.63. The van der Waals surface area contributed by atoms with Crippen LogP contribution in [0.25, 0.3) is 0 Å². The Balaban J connectivity index is 1.88. The molecule has 0 bridgehead atoms. The van der Waals surface area contributed by atoms with Gasteiger partial charge in [0.05, 0.1) is 18.8 Å². The van der Waals surface area contributed by atoms with Crippen LogP contribution in [0.5, 0.6) is 11.5 Å². The van der Waals surface area contributed by atoms with E-state index >= 15 is 0 Å². The van der Waals surface area contributed by atoms with Crippen LogP contribution in [-0.4, -0.2) is 44.5 Å². The van der Waals surface area contributed by atoms with Gasteiger partial charge in [-0.2, -0.15) is 0 Å². The molecule has 29 heavy (non-hydrogen) atoms. The highest BCUT2D eigenvalue weighted by molar-refractivity contribution is 5.93. The SMILES string of the molecule is CN(C)CCCOc1ccc(CN=C(N)Nc2ccccc2OC(F)(F)F)cc1. The topological polar surface area (TPSA) is 72.1 Å². The monoisotopic (exact) mass is 410 g/mol. The lowest BCUT2D eigenvalue weighted by atomic mass is 10.2. The van der Waals surface area contributed by atoms with Crippen LogP contribution in [0, 0.1) is 0 Å². The molecule has 0 saturated carbocycles. The molecule has 158 valence electrons. The van der Waals surface area contributed by atoms with Gasteiger partial charge in [0.15, 0.2) is 11.7 Å². The number of nitrogens with one attached hydrogen (secondary N) is 1. The van der Waals surface area contributed by atoms with Crippen LogP contribution < -0.4 is 20.5 Å². The quantitative estimate of drug-likeness (QED) is 0.373. The lowest BCUT2D eigenvalue weighted by Crippen LogP contribution is -2.24. The van der Waals surface area contributed by atoms with Crippen molar-refractivity contribution in [2.24, 2.45) is 10.7 Å². The minimum absolute atomic E-state index is 0.0211. The van der Waals surface area contributed by atoms with Gasteiger partial charge in [0, 0.05) is 6.54 Å². The smallest absolute Gasteiger partial charge is 0.494 e. The van der Waals surface area contributed by atoms with Gasteiger partial charge in [-0.25, -0.2) is 4.99 Å². The average molecular weight is 410 g/mol. The van der Waals surface area contributed by atoms with E-state index < -0.39 is 6.36 Å².